The van der Waals surface area contributed by atoms with Gasteiger partial charge in [-0.1, -0.05) is 19.3 Å². The predicted octanol–water partition coefficient (Wildman–Crippen LogP) is 1.33. The Morgan fingerprint density at radius 3 is 2.26 bits per heavy atom. The Bertz CT molecular complexity index is 393. The molecule has 9 heteroatoms. The van der Waals surface area contributed by atoms with Crippen LogP contribution in [0.1, 0.15) is 38.5 Å². The summed E-state index contributed by atoms with van der Waals surface area (Å²) >= 11 is 0. The Labute approximate surface area is 133 Å². The molecule has 1 N–H and O–H groups in total. The van der Waals surface area contributed by atoms with Crippen molar-refractivity contribution in [2.75, 3.05) is 6.61 Å². The topological polar surface area (TPSA) is 80.7 Å². The van der Waals surface area contributed by atoms with Gasteiger partial charge < -0.3 is 4.74 Å². The molecule has 0 radical (unpaired) electrons. The van der Waals surface area contributed by atoms with Gasteiger partial charge in [-0.15, -0.1) is 0 Å². The number of rotatable bonds is 5. The molecule has 0 aromatic heterocycles. The van der Waals surface area contributed by atoms with Gasteiger partial charge in [0.05, 0.1) is 0 Å². The van der Waals surface area contributed by atoms with Crippen molar-refractivity contribution in [2.45, 2.75) is 43.8 Å². The van der Waals surface area contributed by atoms with E-state index in [2.05, 4.69) is 4.74 Å². The summed E-state index contributed by atoms with van der Waals surface area (Å²) in [5.41, 5.74) is 0. The summed E-state index contributed by atoms with van der Waals surface area (Å²) in [4.78, 5) is 11.3. The molecule has 0 saturated heterocycles. The van der Waals surface area contributed by atoms with Gasteiger partial charge in [0.2, 0.25) is 0 Å². The molecule has 1 fully saturated rings. The number of carbonyl (C=O) groups excluding carboxylic acids is 1. The normalized spacial score (nSPS) is 17.6. The molecule has 19 heavy (non-hydrogen) atoms. The number of ether oxygens (including phenoxy) is 1. The van der Waals surface area contributed by atoms with Crippen molar-refractivity contribution in [2.24, 2.45) is 5.92 Å². The molecule has 0 aliphatic heterocycles. The summed E-state index contributed by atoms with van der Waals surface area (Å²) in [6.07, 6.45) is 4.82. The van der Waals surface area contributed by atoms with Crippen molar-refractivity contribution in [3.8, 4) is 0 Å². The molecule has 1 aliphatic rings. The first-order valence-corrected chi connectivity index (χ1v) is 7.17. The van der Waals surface area contributed by atoms with Crippen LogP contribution in [0.15, 0.2) is 0 Å². The number of hydrogen-bond donors (Lipinski definition) is 1. The zero-order valence-corrected chi connectivity index (χ0v) is 10.6. The molecule has 0 atom stereocenters. The van der Waals surface area contributed by atoms with E-state index in [-0.39, 0.29) is 41.9 Å². The van der Waals surface area contributed by atoms with Crippen LogP contribution in [0.5, 0.6) is 0 Å². The van der Waals surface area contributed by atoms with Crippen molar-refractivity contribution >= 4 is 45.6 Å². The molecule has 0 aromatic carbocycles. The van der Waals surface area contributed by atoms with Crippen molar-refractivity contribution in [1.29, 1.82) is 0 Å². The summed E-state index contributed by atoms with van der Waals surface area (Å²) in [5, 5.41) is -4.45. The second-order valence-electron chi connectivity index (χ2n) is 4.48. The van der Waals surface area contributed by atoms with Crippen LogP contribution in [0.4, 0.5) is 8.78 Å². The van der Waals surface area contributed by atoms with E-state index >= 15 is 0 Å². The van der Waals surface area contributed by atoms with Gasteiger partial charge in [-0.25, -0.2) is 0 Å². The van der Waals surface area contributed by atoms with Gasteiger partial charge in [0, 0.05) is 6.42 Å². The van der Waals surface area contributed by atoms with Gasteiger partial charge in [-0.05, 0) is 18.8 Å². The zero-order chi connectivity index (χ0) is 13.8. The minimum atomic E-state index is -5.54. The molecule has 0 aromatic rings. The van der Waals surface area contributed by atoms with Gasteiger partial charge in [0.15, 0.2) is 6.61 Å². The average molecular weight is 310 g/mol. The molecule has 0 unspecified atom stereocenters. The van der Waals surface area contributed by atoms with E-state index in [4.69, 9.17) is 4.55 Å². The fourth-order valence-electron chi connectivity index (χ4n) is 1.92. The van der Waals surface area contributed by atoms with Crippen molar-refractivity contribution in [3.63, 3.8) is 0 Å². The third kappa shape index (κ3) is 6.48. The number of hydrogen-bond acceptors (Lipinski definition) is 4. The first-order valence-electron chi connectivity index (χ1n) is 5.73. The van der Waals surface area contributed by atoms with Crippen LogP contribution >= 0.6 is 0 Å². The maximum absolute atomic E-state index is 12.8. The summed E-state index contributed by atoms with van der Waals surface area (Å²) < 4.78 is 58.5. The number of esters is 1. The molecule has 0 heterocycles. The summed E-state index contributed by atoms with van der Waals surface area (Å²) in [6, 6.07) is 0. The Balaban J connectivity index is 0.00000324. The van der Waals surface area contributed by atoms with Crippen LogP contribution < -0.4 is 0 Å². The van der Waals surface area contributed by atoms with Crippen LogP contribution in [-0.2, 0) is 19.6 Å². The van der Waals surface area contributed by atoms with E-state index in [1.54, 1.807) is 0 Å². The Hall–Kier alpha value is 0.240. The Kier molecular flexibility index (Phi) is 7.97. The summed E-state index contributed by atoms with van der Waals surface area (Å²) in [5.74, 6) is -0.740. The first-order chi connectivity index (χ1) is 8.22. The first kappa shape index (κ1) is 19.2. The van der Waals surface area contributed by atoms with Crippen molar-refractivity contribution in [1.82, 2.24) is 0 Å². The molecule has 0 spiro atoms. The van der Waals surface area contributed by atoms with Crippen LogP contribution in [0.2, 0.25) is 0 Å². The zero-order valence-electron chi connectivity index (χ0n) is 9.77. The van der Waals surface area contributed by atoms with Gasteiger partial charge >= 0.3 is 50.9 Å². The molecule has 0 amide bonds. The van der Waals surface area contributed by atoms with Crippen LogP contribution in [-0.4, -0.2) is 60.4 Å². The third-order valence-electron chi connectivity index (χ3n) is 2.96. The molecule has 1 aliphatic carbocycles. The van der Waals surface area contributed by atoms with Crippen LogP contribution in [0.25, 0.3) is 0 Å². The van der Waals surface area contributed by atoms with Crippen LogP contribution in [0.3, 0.4) is 0 Å². The average Bonchev–Trinajstić information content (AvgIpc) is 2.26. The molecule has 108 valence electrons. The van der Waals surface area contributed by atoms with E-state index in [0.717, 1.165) is 32.1 Å². The fraction of sp³-hybridized carbons (Fsp3) is 0.900. The van der Waals surface area contributed by atoms with E-state index in [1.807, 2.05) is 0 Å². The quantitative estimate of drug-likeness (QED) is 0.471. The molecule has 1 rings (SSSR count). The predicted molar refractivity (Wildman–Crippen MR) is 65.8 cm³/mol. The van der Waals surface area contributed by atoms with Crippen LogP contribution in [0, 0.1) is 5.92 Å². The van der Waals surface area contributed by atoms with Crippen molar-refractivity contribution in [3.05, 3.63) is 0 Å². The Morgan fingerprint density at radius 1 is 1.26 bits per heavy atom. The third-order valence-corrected chi connectivity index (χ3v) is 3.83. The van der Waals surface area contributed by atoms with Gasteiger partial charge in [0.25, 0.3) is 0 Å². The van der Waals surface area contributed by atoms with E-state index in [0.29, 0.717) is 0 Å². The fourth-order valence-corrected chi connectivity index (χ4v) is 2.13. The van der Waals surface area contributed by atoms with Gasteiger partial charge in [0.1, 0.15) is 0 Å². The van der Waals surface area contributed by atoms with Gasteiger partial charge in [-0.3, -0.25) is 9.35 Å². The summed E-state index contributed by atoms with van der Waals surface area (Å²) in [6.45, 7) is -1.64. The molecule has 0 bridgehead atoms. The Morgan fingerprint density at radius 2 is 1.79 bits per heavy atom. The van der Waals surface area contributed by atoms with Gasteiger partial charge in [-0.2, -0.15) is 17.2 Å². The molecule has 1 saturated carbocycles. The molecular formula is C10H17F2NaO5S. The van der Waals surface area contributed by atoms with E-state index in [9.17, 15) is 22.0 Å². The van der Waals surface area contributed by atoms with E-state index in [1.165, 1.54) is 0 Å². The molecule has 5 nitrogen and oxygen atoms in total. The molecular weight excluding hydrogens is 293 g/mol. The van der Waals surface area contributed by atoms with Crippen molar-refractivity contribution < 1.29 is 31.3 Å². The van der Waals surface area contributed by atoms with E-state index < -0.39 is 27.9 Å². The minimum absolute atomic E-state index is 0. The number of carbonyl (C=O) groups is 1. The standard InChI is InChI=1S/C10H16F2O5S.Na.H/c11-10(12,18(14,15)16)7-17-9(13)6-8-4-2-1-3-5-8;;/h8H,1-7H2,(H,14,15,16);;. The number of halogens is 2. The number of alkyl halides is 2. The second kappa shape index (κ2) is 7.87. The SMILES string of the molecule is O=C(CC1CCCCC1)OCC(F)(F)S(=O)(=O)O.[NaH]. The second-order valence-corrected chi connectivity index (χ2v) is 6.03. The maximum atomic E-state index is 12.8. The summed E-state index contributed by atoms with van der Waals surface area (Å²) in [7, 11) is -5.54. The monoisotopic (exact) mass is 310 g/mol.